The van der Waals surface area contributed by atoms with Crippen LogP contribution in [0.1, 0.15) is 154 Å². The van der Waals surface area contributed by atoms with E-state index in [2.05, 4.69) is 92.0 Å². The van der Waals surface area contributed by atoms with Gasteiger partial charge < -0.3 is 187 Å². The average Bonchev–Trinajstić information content (AvgIpc) is 1.90. The Morgan fingerprint density at radius 1 is 0.188 bits per heavy atom. The number of aliphatic carboxylic acids is 12. The number of carbonyl (C=O) groups excluding carboxylic acids is 12. The molecular weight excluding hydrogens is 2230 g/mol. The molecule has 756 valence electrons. The van der Waals surface area contributed by atoms with E-state index in [9.17, 15) is 119 Å². The predicted molar refractivity (Wildman–Crippen MR) is 336 cm³/mol. The van der Waals surface area contributed by atoms with E-state index in [4.69, 9.17) is 74.5 Å². The number of rotatable bonds is 12. The molecule has 0 aromatic rings. The second-order valence-electron chi connectivity index (χ2n) is 27.8. The van der Waals surface area contributed by atoms with Gasteiger partial charge in [-0.15, -0.1) is 41.0 Å². The van der Waals surface area contributed by atoms with E-state index in [0.29, 0.717) is 0 Å². The molecule has 64 heteroatoms. The summed E-state index contributed by atoms with van der Waals surface area (Å²) in [5.41, 5.74) is 0. The number of nitrogens with zero attached hydrogens (tertiary/aromatic N) is 1. The molecule has 0 bridgehead atoms. The molecule has 12 N–H and O–H groups in total. The van der Waals surface area contributed by atoms with Crippen molar-refractivity contribution in [3.8, 4) is 0 Å². The summed E-state index contributed by atoms with van der Waals surface area (Å²) < 4.78 is 137. The number of halogens is 4. The van der Waals surface area contributed by atoms with Crippen LogP contribution in [0.15, 0.2) is 0 Å². The SMILES string of the molecule is C[N+](C)(C)C.O=C([O-])[C@@H]1CCCN1.O=C([O-])[C@@H]1CCCN1.O=C([O-])[C@@H]1CCCN1.O=C([O-])[C@@H]1CCCN1.O=C([O-])[C@@H]1CCCN1.O=C([O-])[C@@H]1CCCN1.O=C([O-])[C@@H]1CCCN1.O=C([O-])[C@@H]1CCCN1.O=C([O-])[C@@H]1CCCN1.O=C([O-])[C@@H]1CCCN1.O=C([O-])[C@@H]1CCCN1.O=C([O-])[C@@H]1CCCN1.[Co+2].[Co+2].[Co+2].[Co+2].[Co+2].[Co+3].[La].[O-][Cl+3]([O-])([O-])[O-].[O-][Cl+3]([O-])([O-])[O-].[O-][Cl+3]([O-])([O-])[O-].[O-][Cl+3]([O-])([O-])[O-]. The molecule has 0 aliphatic carbocycles. The summed E-state index contributed by atoms with van der Waals surface area (Å²) in [6.45, 7) is 9.82. The molecule has 0 amide bonds. The second kappa shape index (κ2) is 87.6. The van der Waals surface area contributed by atoms with Crippen LogP contribution in [0.5, 0.6) is 0 Å². The summed E-state index contributed by atoms with van der Waals surface area (Å²) in [6, 6.07) is -4.56. The van der Waals surface area contributed by atoms with Gasteiger partial charge in [0.25, 0.3) is 0 Å². The second-order valence-corrected chi connectivity index (χ2v) is 30.8. The Labute approximate surface area is 836 Å². The first-order chi connectivity index (χ1) is 55.7. The molecule has 12 fully saturated rings. The number of carboxylic acid groups (broad SMARTS) is 12. The third-order valence-electron chi connectivity index (χ3n) is 16.1. The van der Waals surface area contributed by atoms with Crippen molar-refractivity contribution in [1.82, 2.24) is 63.8 Å². The summed E-state index contributed by atoms with van der Waals surface area (Å²) in [7, 11) is -11.3. The van der Waals surface area contributed by atoms with E-state index in [-0.39, 0.29) is 209 Å². The minimum Gasteiger partial charge on any atom is -0.548 e. The molecule has 0 spiro atoms. The maximum atomic E-state index is 10.0. The Balaban J connectivity index is -0.000000112. The third-order valence-corrected chi connectivity index (χ3v) is 16.1. The van der Waals surface area contributed by atoms with Crippen LogP contribution in [-0.4, -0.2) is 255 Å². The zero-order chi connectivity index (χ0) is 94.3. The Morgan fingerprint density at radius 3 is 0.250 bits per heavy atom. The van der Waals surface area contributed by atoms with Crippen LogP contribution >= 0.6 is 0 Å². The van der Waals surface area contributed by atoms with Crippen molar-refractivity contribution < 1.29 is 375 Å². The molecule has 0 unspecified atom stereocenters. The van der Waals surface area contributed by atoms with E-state index in [1.54, 1.807) is 0 Å². The molecule has 0 aromatic heterocycles. The number of hydrogen-bond acceptors (Lipinski definition) is 52. The van der Waals surface area contributed by atoms with Gasteiger partial charge in [0.1, 0.15) is 0 Å². The van der Waals surface area contributed by atoms with Gasteiger partial charge in [0.05, 0.1) is 99.8 Å². The summed E-state index contributed by atoms with van der Waals surface area (Å²) in [4.78, 5) is 120. The monoisotopic (exact) mass is 2330 g/mol. The molecule has 12 aliphatic rings. The summed E-state index contributed by atoms with van der Waals surface area (Å²) in [5, 5.41) is 154. The minimum atomic E-state index is -4.94. The van der Waals surface area contributed by atoms with Crippen LogP contribution in [0.25, 0.3) is 0 Å². The Hall–Kier alpha value is -2.13. The van der Waals surface area contributed by atoms with Gasteiger partial charge >= 0.3 is 101 Å². The van der Waals surface area contributed by atoms with Crippen LogP contribution in [0.3, 0.4) is 0 Å². The van der Waals surface area contributed by atoms with Gasteiger partial charge in [-0.25, -0.2) is 74.5 Å². The number of carbonyl (C=O) groups is 12. The third kappa shape index (κ3) is 111. The number of quaternary nitrogens is 1. The summed E-state index contributed by atoms with van der Waals surface area (Å²) in [5.74, 6) is -11.6. The van der Waals surface area contributed by atoms with Crippen molar-refractivity contribution in [1.29, 1.82) is 0 Å². The topological polar surface area (TPSA) is 995 Å². The maximum Gasteiger partial charge on any atom is 3.00 e. The molecule has 12 saturated heterocycles. The van der Waals surface area contributed by atoms with Gasteiger partial charge in [0.2, 0.25) is 0 Å². The first-order valence-electron chi connectivity index (χ1n) is 37.2. The van der Waals surface area contributed by atoms with E-state index >= 15 is 0 Å². The fourth-order valence-corrected chi connectivity index (χ4v) is 10.6. The predicted octanol–water partition coefficient (Wildman–Crippen LogP) is -36.9. The Morgan fingerprint density at radius 2 is 0.234 bits per heavy atom. The van der Waals surface area contributed by atoms with Gasteiger partial charge in [-0.05, 0) is 233 Å². The normalized spacial score (nSPS) is 23.5. The zero-order valence-electron chi connectivity index (χ0n) is 69.3. The molecule has 6 radical (unpaired) electrons. The van der Waals surface area contributed by atoms with Crippen molar-refractivity contribution in [2.45, 2.75) is 227 Å². The number of hydrogen-bond donors (Lipinski definition) is 12. The van der Waals surface area contributed by atoms with E-state index < -0.39 is 113 Å². The van der Waals surface area contributed by atoms with E-state index in [0.717, 1.165) is 237 Å². The van der Waals surface area contributed by atoms with Crippen molar-refractivity contribution in [3.05, 3.63) is 0 Å². The fraction of sp³-hybridized carbons (Fsp3) is 0.812. The first kappa shape index (κ1) is 151. The van der Waals surface area contributed by atoms with Gasteiger partial charge in [0, 0.05) is 108 Å². The number of nitrogens with one attached hydrogen (secondary N) is 12. The van der Waals surface area contributed by atoms with E-state index in [1.165, 1.54) is 0 Å². The van der Waals surface area contributed by atoms with Gasteiger partial charge in [-0.3, -0.25) is 0 Å². The van der Waals surface area contributed by atoms with Crippen molar-refractivity contribution in [2.75, 3.05) is 107 Å². The van der Waals surface area contributed by atoms with Crippen molar-refractivity contribution in [3.63, 3.8) is 0 Å². The largest absolute Gasteiger partial charge is 3.00 e. The molecular formula is C64H108Cl4Co6LaN13O40-2. The van der Waals surface area contributed by atoms with E-state index in [1.807, 2.05) is 0 Å². The minimum absolute atomic E-state index is 0. The van der Waals surface area contributed by atoms with Gasteiger partial charge in [-0.2, -0.15) is 0 Å². The van der Waals surface area contributed by atoms with Crippen LogP contribution in [0.2, 0.25) is 0 Å². The Bertz CT molecular complexity index is 2210. The van der Waals surface area contributed by atoms with Crippen LogP contribution in [0, 0.1) is 76.6 Å². The summed E-state index contributed by atoms with van der Waals surface area (Å²) >= 11 is 0. The van der Waals surface area contributed by atoms with Crippen molar-refractivity contribution >= 4 is 71.6 Å². The first-order valence-corrected chi connectivity index (χ1v) is 42.2. The summed E-state index contributed by atoms with van der Waals surface area (Å²) in [6.07, 6.45) is 20.2. The van der Waals surface area contributed by atoms with Crippen LogP contribution in [-0.2, 0) is 158 Å². The van der Waals surface area contributed by atoms with Crippen LogP contribution < -0.4 is 200 Å². The molecule has 128 heavy (non-hydrogen) atoms. The molecule has 12 atom stereocenters. The zero-order valence-corrected chi connectivity index (χ0v) is 82.1. The molecule has 12 heterocycles. The van der Waals surface area contributed by atoms with Crippen LogP contribution in [0.4, 0.5) is 0 Å². The average molecular weight is 2330 g/mol. The molecule has 0 aromatic carbocycles. The van der Waals surface area contributed by atoms with Crippen molar-refractivity contribution in [2.24, 2.45) is 0 Å². The fourth-order valence-electron chi connectivity index (χ4n) is 10.6. The standard InChI is InChI=1S/12C5H9NO2.C4H12N.4ClHO4.6Co.La/c12*7-5(8)4-2-1-3-6-4;1-5(2,3)4;4*2-1(3,4)5;;;;;;;/h12*4,6H,1-3H2,(H,7,8);1-4H3;4*(H,2,3,4,5);;;;;;;/q;;;;;;;;;;;;+1;;;;;5*+2;+3;/p-16/t12*4-;;;;;;;;;;;;/m000000000000............/s1. The quantitative estimate of drug-likeness (QED) is 0.0807. The smallest absolute Gasteiger partial charge is 0.548 e. The number of carboxylic acids is 12. The molecule has 12 aliphatic heterocycles. The van der Waals surface area contributed by atoms with Gasteiger partial charge in [0.15, 0.2) is 0 Å². The molecule has 53 nitrogen and oxygen atoms in total. The van der Waals surface area contributed by atoms with Gasteiger partial charge in [-0.1, -0.05) is 0 Å². The maximum absolute atomic E-state index is 10.0. The Kier molecular flexibility index (Phi) is 104. The molecule has 0 saturated carbocycles. The molecule has 12 rings (SSSR count).